The topological polar surface area (TPSA) is 30.5 Å². The summed E-state index contributed by atoms with van der Waals surface area (Å²) in [5, 5.41) is 4.42. The first-order chi connectivity index (χ1) is 11.7. The third-order valence-electron chi connectivity index (χ3n) is 3.32. The molecule has 0 saturated carbocycles. The van der Waals surface area contributed by atoms with Gasteiger partial charge in [0.15, 0.2) is 11.5 Å². The van der Waals surface area contributed by atoms with Crippen molar-refractivity contribution in [2.75, 3.05) is 13.2 Å². The van der Waals surface area contributed by atoms with Crippen molar-refractivity contribution >= 4 is 35.6 Å². The van der Waals surface area contributed by atoms with Crippen molar-refractivity contribution in [2.24, 2.45) is 0 Å². The average molecular weight is 403 g/mol. The zero-order chi connectivity index (χ0) is 17.4. The van der Waals surface area contributed by atoms with E-state index in [2.05, 4.69) is 11.9 Å². The summed E-state index contributed by atoms with van der Waals surface area (Å²) in [7, 11) is 0. The fraction of sp³-hybridized carbons (Fsp3) is 0.263. The van der Waals surface area contributed by atoms with Gasteiger partial charge in [-0.1, -0.05) is 47.5 Å². The predicted molar refractivity (Wildman–Crippen MR) is 108 cm³/mol. The molecule has 2 aromatic carbocycles. The maximum absolute atomic E-state index is 6.40. The Morgan fingerprint density at radius 1 is 1.12 bits per heavy atom. The van der Waals surface area contributed by atoms with E-state index in [-0.39, 0.29) is 12.4 Å². The van der Waals surface area contributed by atoms with Crippen LogP contribution >= 0.6 is 35.6 Å². The van der Waals surface area contributed by atoms with Gasteiger partial charge in [-0.15, -0.1) is 19.0 Å². The first kappa shape index (κ1) is 21.7. The van der Waals surface area contributed by atoms with Gasteiger partial charge >= 0.3 is 0 Å². The quantitative estimate of drug-likeness (QED) is 0.433. The molecule has 0 aliphatic carbocycles. The number of rotatable bonds is 9. The van der Waals surface area contributed by atoms with Crippen LogP contribution in [-0.4, -0.2) is 13.2 Å². The summed E-state index contributed by atoms with van der Waals surface area (Å²) in [5.41, 5.74) is 1.92. The molecule has 0 fully saturated rings. The zero-order valence-corrected chi connectivity index (χ0v) is 16.4. The number of hydrogen-bond donors (Lipinski definition) is 1. The summed E-state index contributed by atoms with van der Waals surface area (Å²) in [5.74, 6) is 1.17. The van der Waals surface area contributed by atoms with Gasteiger partial charge in [0.1, 0.15) is 6.61 Å². The van der Waals surface area contributed by atoms with Crippen LogP contribution in [0.5, 0.6) is 11.5 Å². The number of halogens is 3. The summed E-state index contributed by atoms with van der Waals surface area (Å²) in [4.78, 5) is 0. The van der Waals surface area contributed by atoms with Gasteiger partial charge in [0, 0.05) is 23.7 Å². The fourth-order valence-corrected chi connectivity index (χ4v) is 2.69. The Balaban J connectivity index is 0.00000312. The number of nitrogens with one attached hydrogen (secondary N) is 1. The number of hydrogen-bond acceptors (Lipinski definition) is 3. The molecule has 0 aliphatic rings. The predicted octanol–water partition coefficient (Wildman–Crippen LogP) is 5.67. The van der Waals surface area contributed by atoms with Gasteiger partial charge in [-0.05, 0) is 30.7 Å². The zero-order valence-electron chi connectivity index (χ0n) is 14.1. The lowest BCUT2D eigenvalue weighted by molar-refractivity contribution is 0.269. The minimum atomic E-state index is 0. The lowest BCUT2D eigenvalue weighted by atomic mass is 10.2. The van der Waals surface area contributed by atoms with Crippen molar-refractivity contribution in [1.29, 1.82) is 0 Å². The van der Waals surface area contributed by atoms with Crippen molar-refractivity contribution in [1.82, 2.24) is 5.32 Å². The van der Waals surface area contributed by atoms with Crippen LogP contribution in [0.15, 0.2) is 49.1 Å². The molecule has 0 aliphatic heterocycles. The van der Waals surface area contributed by atoms with Crippen LogP contribution < -0.4 is 14.8 Å². The molecule has 0 amide bonds. The molecular formula is C19H22Cl3NO2. The first-order valence-corrected chi connectivity index (χ1v) is 8.54. The van der Waals surface area contributed by atoms with Gasteiger partial charge in [0.05, 0.1) is 11.6 Å². The van der Waals surface area contributed by atoms with Crippen LogP contribution in [0.1, 0.15) is 18.1 Å². The molecule has 136 valence electrons. The second-order valence-electron chi connectivity index (χ2n) is 5.14. The van der Waals surface area contributed by atoms with E-state index in [4.69, 9.17) is 32.7 Å². The highest BCUT2D eigenvalue weighted by Crippen LogP contribution is 2.37. The molecule has 0 aromatic heterocycles. The smallest absolute Gasteiger partial charge is 0.180 e. The maximum atomic E-state index is 6.40. The normalized spacial score (nSPS) is 10.0. The van der Waals surface area contributed by atoms with Gasteiger partial charge in [0.2, 0.25) is 0 Å². The van der Waals surface area contributed by atoms with E-state index in [0.717, 1.165) is 17.7 Å². The Morgan fingerprint density at radius 2 is 1.88 bits per heavy atom. The monoisotopic (exact) mass is 401 g/mol. The highest BCUT2D eigenvalue weighted by atomic mass is 35.5. The van der Waals surface area contributed by atoms with E-state index in [1.807, 2.05) is 49.4 Å². The molecule has 2 aromatic rings. The molecule has 1 N–H and O–H groups in total. The van der Waals surface area contributed by atoms with Gasteiger partial charge in [-0.3, -0.25) is 0 Å². The van der Waals surface area contributed by atoms with E-state index in [0.29, 0.717) is 41.3 Å². The Kier molecular flexibility index (Phi) is 9.76. The fourth-order valence-electron chi connectivity index (χ4n) is 2.21. The van der Waals surface area contributed by atoms with Crippen LogP contribution in [-0.2, 0) is 13.2 Å². The van der Waals surface area contributed by atoms with E-state index in [9.17, 15) is 0 Å². The third kappa shape index (κ3) is 6.44. The summed E-state index contributed by atoms with van der Waals surface area (Å²) in [6.45, 7) is 7.87. The molecule has 25 heavy (non-hydrogen) atoms. The van der Waals surface area contributed by atoms with Crippen LogP contribution in [0.2, 0.25) is 10.0 Å². The van der Waals surface area contributed by atoms with E-state index >= 15 is 0 Å². The van der Waals surface area contributed by atoms with Gasteiger partial charge in [0.25, 0.3) is 0 Å². The minimum Gasteiger partial charge on any atom is -0.490 e. The molecule has 0 atom stereocenters. The third-order valence-corrected chi connectivity index (χ3v) is 3.97. The van der Waals surface area contributed by atoms with Crippen LogP contribution in [0.4, 0.5) is 0 Å². The molecule has 0 radical (unpaired) electrons. The van der Waals surface area contributed by atoms with Crippen molar-refractivity contribution in [3.05, 3.63) is 70.2 Å². The summed E-state index contributed by atoms with van der Waals surface area (Å²) < 4.78 is 11.6. The number of ether oxygens (including phenoxy) is 2. The Morgan fingerprint density at radius 3 is 2.56 bits per heavy atom. The van der Waals surface area contributed by atoms with Gasteiger partial charge < -0.3 is 14.8 Å². The molecule has 2 rings (SSSR count). The molecular weight excluding hydrogens is 381 g/mol. The lowest BCUT2D eigenvalue weighted by Gasteiger charge is -2.16. The molecule has 0 unspecified atom stereocenters. The highest BCUT2D eigenvalue weighted by Gasteiger charge is 2.13. The van der Waals surface area contributed by atoms with Gasteiger partial charge in [-0.25, -0.2) is 0 Å². The lowest BCUT2D eigenvalue weighted by Crippen LogP contribution is -2.13. The highest BCUT2D eigenvalue weighted by molar-refractivity contribution is 6.32. The molecule has 0 spiro atoms. The van der Waals surface area contributed by atoms with E-state index in [1.165, 1.54) is 0 Å². The molecule has 6 heteroatoms. The van der Waals surface area contributed by atoms with Crippen molar-refractivity contribution in [3.63, 3.8) is 0 Å². The second kappa shape index (κ2) is 11.3. The Labute approximate surface area is 165 Å². The molecule has 0 saturated heterocycles. The van der Waals surface area contributed by atoms with Crippen molar-refractivity contribution in [3.8, 4) is 11.5 Å². The minimum absolute atomic E-state index is 0. The summed E-state index contributed by atoms with van der Waals surface area (Å²) in [6.07, 6.45) is 1.81. The first-order valence-electron chi connectivity index (χ1n) is 7.78. The van der Waals surface area contributed by atoms with E-state index in [1.54, 1.807) is 0 Å². The SMILES string of the molecule is C=CCNCc1cc(Cl)c(OCc2ccccc2Cl)c(OCC)c1.Cl. The maximum Gasteiger partial charge on any atom is 0.180 e. The Hall–Kier alpha value is -1.39. The standard InChI is InChI=1S/C19H21Cl2NO2.ClH/c1-3-9-22-12-14-10-17(21)19(18(11-14)23-4-2)24-13-15-7-5-6-8-16(15)20;/h3,5-8,10-11,22H,1,4,9,12-13H2,2H3;1H. The molecule has 3 nitrogen and oxygen atoms in total. The van der Waals surface area contributed by atoms with Crippen LogP contribution in [0.3, 0.4) is 0 Å². The van der Waals surface area contributed by atoms with Crippen LogP contribution in [0.25, 0.3) is 0 Å². The largest absolute Gasteiger partial charge is 0.490 e. The Bertz CT molecular complexity index is 692. The van der Waals surface area contributed by atoms with Crippen LogP contribution in [0, 0.1) is 0 Å². The average Bonchev–Trinajstić information content (AvgIpc) is 2.56. The molecule has 0 heterocycles. The molecule has 0 bridgehead atoms. The van der Waals surface area contributed by atoms with Gasteiger partial charge in [-0.2, -0.15) is 0 Å². The number of benzene rings is 2. The van der Waals surface area contributed by atoms with Crippen molar-refractivity contribution < 1.29 is 9.47 Å². The summed E-state index contributed by atoms with van der Waals surface area (Å²) in [6, 6.07) is 11.4. The summed E-state index contributed by atoms with van der Waals surface area (Å²) >= 11 is 12.6. The second-order valence-corrected chi connectivity index (χ2v) is 5.95. The van der Waals surface area contributed by atoms with Crippen molar-refractivity contribution in [2.45, 2.75) is 20.1 Å². The van der Waals surface area contributed by atoms with E-state index < -0.39 is 0 Å².